The van der Waals surface area contributed by atoms with Gasteiger partial charge in [0.15, 0.2) is 0 Å². The fourth-order valence-electron chi connectivity index (χ4n) is 4.24. The molecule has 2 heterocycles. The third kappa shape index (κ3) is 6.43. The Balaban J connectivity index is 1.65. The van der Waals surface area contributed by atoms with Gasteiger partial charge in [0.05, 0.1) is 34.7 Å². The number of carbonyl (C=O) groups is 2. The number of hydrogen-bond acceptors (Lipinski definition) is 6. The van der Waals surface area contributed by atoms with E-state index in [4.69, 9.17) is 16.3 Å². The van der Waals surface area contributed by atoms with Gasteiger partial charge in [-0.25, -0.2) is 8.42 Å². The number of anilines is 1. The number of ether oxygens (including phenoxy) is 1. The molecule has 1 N–H and O–H groups in total. The first-order chi connectivity index (χ1) is 15.3. The van der Waals surface area contributed by atoms with Gasteiger partial charge < -0.3 is 10.1 Å². The minimum Gasteiger partial charge on any atom is -0.466 e. The van der Waals surface area contributed by atoms with E-state index in [1.807, 2.05) is 4.90 Å². The van der Waals surface area contributed by atoms with E-state index in [1.165, 1.54) is 22.5 Å². The summed E-state index contributed by atoms with van der Waals surface area (Å²) in [6.45, 7) is 4.38. The zero-order valence-electron chi connectivity index (χ0n) is 18.5. The number of likely N-dealkylation sites (tertiary alicyclic amines) is 1. The number of halogens is 1. The Morgan fingerprint density at radius 2 is 1.84 bits per heavy atom. The first kappa shape index (κ1) is 25.0. The number of sulfonamides is 1. The molecule has 2 saturated heterocycles. The molecule has 0 aromatic heterocycles. The van der Waals surface area contributed by atoms with Crippen LogP contribution in [0.3, 0.4) is 0 Å². The molecule has 2 aliphatic rings. The van der Waals surface area contributed by atoms with Gasteiger partial charge in [0.25, 0.3) is 0 Å². The quantitative estimate of drug-likeness (QED) is 0.596. The van der Waals surface area contributed by atoms with Gasteiger partial charge in [-0.3, -0.25) is 14.5 Å². The highest BCUT2D eigenvalue weighted by molar-refractivity contribution is 7.89. The highest BCUT2D eigenvalue weighted by Crippen LogP contribution is 2.28. The van der Waals surface area contributed by atoms with Crippen LogP contribution < -0.4 is 5.32 Å². The smallest absolute Gasteiger partial charge is 0.310 e. The maximum Gasteiger partial charge on any atom is 0.310 e. The number of nitrogens with one attached hydrogen (secondary N) is 1. The molecule has 1 amide bonds. The van der Waals surface area contributed by atoms with Crippen LogP contribution in [0, 0.1) is 5.92 Å². The topological polar surface area (TPSA) is 96.0 Å². The number of benzene rings is 1. The molecule has 8 nitrogen and oxygen atoms in total. The first-order valence-corrected chi connectivity index (χ1v) is 13.1. The van der Waals surface area contributed by atoms with E-state index < -0.39 is 10.0 Å². The van der Waals surface area contributed by atoms with Crippen molar-refractivity contribution >= 4 is 39.2 Å². The summed E-state index contributed by atoms with van der Waals surface area (Å²) >= 11 is 6.25. The maximum absolute atomic E-state index is 13.1. The summed E-state index contributed by atoms with van der Waals surface area (Å²) in [6, 6.07) is 4.41. The van der Waals surface area contributed by atoms with Crippen LogP contribution in [0.4, 0.5) is 5.69 Å². The molecule has 2 fully saturated rings. The lowest BCUT2D eigenvalue weighted by atomic mass is 9.98. The maximum atomic E-state index is 13.1. The SMILES string of the molecule is CCOC(=O)C1CCCN(CC(=O)Nc2cc(S(=O)(=O)N3CCCCCC3)ccc2Cl)C1. The Labute approximate surface area is 195 Å². The van der Waals surface area contributed by atoms with Gasteiger partial charge in [-0.15, -0.1) is 0 Å². The Morgan fingerprint density at radius 1 is 1.12 bits per heavy atom. The van der Waals surface area contributed by atoms with Gasteiger partial charge in [0, 0.05) is 19.6 Å². The van der Waals surface area contributed by atoms with Crippen LogP contribution in [-0.4, -0.2) is 68.8 Å². The summed E-state index contributed by atoms with van der Waals surface area (Å²) < 4.78 is 32.8. The van der Waals surface area contributed by atoms with E-state index in [-0.39, 0.29) is 39.9 Å². The Bertz CT molecular complexity index is 916. The van der Waals surface area contributed by atoms with Crippen molar-refractivity contribution < 1.29 is 22.7 Å². The van der Waals surface area contributed by atoms with Crippen molar-refractivity contribution in [1.82, 2.24) is 9.21 Å². The predicted molar refractivity (Wildman–Crippen MR) is 123 cm³/mol. The monoisotopic (exact) mass is 485 g/mol. The Kier molecular flexibility index (Phi) is 8.93. The number of esters is 1. The highest BCUT2D eigenvalue weighted by Gasteiger charge is 2.29. The molecular formula is C22H32ClN3O5S. The number of nitrogens with zero attached hydrogens (tertiary/aromatic N) is 2. The molecule has 0 radical (unpaired) electrons. The van der Waals surface area contributed by atoms with Crippen LogP contribution in [0.2, 0.25) is 5.02 Å². The van der Waals surface area contributed by atoms with Crippen molar-refractivity contribution in [3.63, 3.8) is 0 Å². The van der Waals surface area contributed by atoms with E-state index in [9.17, 15) is 18.0 Å². The second-order valence-electron chi connectivity index (χ2n) is 8.33. The largest absolute Gasteiger partial charge is 0.466 e. The Hall–Kier alpha value is -1.68. The lowest BCUT2D eigenvalue weighted by Gasteiger charge is -2.30. The van der Waals surface area contributed by atoms with Crippen molar-refractivity contribution in [3.8, 4) is 0 Å². The number of piperidine rings is 1. The van der Waals surface area contributed by atoms with Gasteiger partial charge in [-0.2, -0.15) is 4.31 Å². The molecule has 1 aromatic rings. The normalized spacial score (nSPS) is 21.0. The standard InChI is InChI=1S/C22H32ClN3O5S/c1-2-31-22(28)17-8-7-11-25(15-17)16-21(27)24-20-14-18(9-10-19(20)23)32(29,30)26-12-5-3-4-6-13-26/h9-10,14,17H,2-8,11-13,15-16H2,1H3,(H,24,27). The van der Waals surface area contributed by atoms with Gasteiger partial charge in [-0.1, -0.05) is 24.4 Å². The molecule has 1 aromatic carbocycles. The molecule has 178 valence electrons. The van der Waals surface area contributed by atoms with E-state index in [2.05, 4.69) is 5.32 Å². The number of amides is 1. The van der Waals surface area contributed by atoms with Crippen molar-refractivity contribution in [2.45, 2.75) is 50.3 Å². The summed E-state index contributed by atoms with van der Waals surface area (Å²) in [7, 11) is -3.65. The lowest BCUT2D eigenvalue weighted by Crippen LogP contribution is -2.43. The van der Waals surface area contributed by atoms with Crippen molar-refractivity contribution in [1.29, 1.82) is 0 Å². The molecule has 1 unspecified atom stereocenters. The van der Waals surface area contributed by atoms with Crippen LogP contribution in [-0.2, 0) is 24.3 Å². The second-order valence-corrected chi connectivity index (χ2v) is 10.7. The average molecular weight is 486 g/mol. The van der Waals surface area contributed by atoms with Crippen LogP contribution >= 0.6 is 11.6 Å². The van der Waals surface area contributed by atoms with Gasteiger partial charge in [0.2, 0.25) is 15.9 Å². The molecule has 0 bridgehead atoms. The van der Waals surface area contributed by atoms with Crippen LogP contribution in [0.5, 0.6) is 0 Å². The third-order valence-electron chi connectivity index (χ3n) is 5.91. The summed E-state index contributed by atoms with van der Waals surface area (Å²) in [6.07, 6.45) is 5.31. The molecule has 32 heavy (non-hydrogen) atoms. The molecular weight excluding hydrogens is 454 g/mol. The van der Waals surface area contributed by atoms with Gasteiger partial charge in [0.1, 0.15) is 0 Å². The van der Waals surface area contributed by atoms with Crippen LogP contribution in [0.15, 0.2) is 23.1 Å². The fourth-order valence-corrected chi connectivity index (χ4v) is 5.94. The zero-order valence-corrected chi connectivity index (χ0v) is 20.1. The van der Waals surface area contributed by atoms with Crippen molar-refractivity contribution in [3.05, 3.63) is 23.2 Å². The van der Waals surface area contributed by atoms with E-state index in [0.717, 1.165) is 38.5 Å². The number of rotatable bonds is 7. The molecule has 1 atom stereocenters. The van der Waals surface area contributed by atoms with Crippen LogP contribution in [0.1, 0.15) is 45.4 Å². The summed E-state index contributed by atoms with van der Waals surface area (Å²) in [5.74, 6) is -0.769. The molecule has 10 heteroatoms. The van der Waals surface area contributed by atoms with Crippen molar-refractivity contribution in [2.24, 2.45) is 5.92 Å². The molecule has 0 saturated carbocycles. The molecule has 0 aliphatic carbocycles. The average Bonchev–Trinajstić information content (AvgIpc) is 3.06. The number of carbonyl (C=O) groups excluding carboxylic acids is 2. The number of hydrogen-bond donors (Lipinski definition) is 1. The Morgan fingerprint density at radius 3 is 2.53 bits per heavy atom. The predicted octanol–water partition coefficient (Wildman–Crippen LogP) is 3.12. The minimum atomic E-state index is -3.65. The van der Waals surface area contributed by atoms with Gasteiger partial charge in [-0.05, 0) is 57.4 Å². The molecule has 0 spiro atoms. The zero-order chi connectivity index (χ0) is 23.1. The van der Waals surface area contributed by atoms with E-state index >= 15 is 0 Å². The highest BCUT2D eigenvalue weighted by atomic mass is 35.5. The fraction of sp³-hybridized carbons (Fsp3) is 0.636. The second kappa shape index (κ2) is 11.4. The minimum absolute atomic E-state index is 0.0926. The molecule has 3 rings (SSSR count). The summed E-state index contributed by atoms with van der Waals surface area (Å²) in [5.41, 5.74) is 0.270. The van der Waals surface area contributed by atoms with E-state index in [0.29, 0.717) is 32.8 Å². The molecule has 2 aliphatic heterocycles. The summed E-state index contributed by atoms with van der Waals surface area (Å²) in [5, 5.41) is 3.02. The summed E-state index contributed by atoms with van der Waals surface area (Å²) in [4.78, 5) is 26.7. The first-order valence-electron chi connectivity index (χ1n) is 11.3. The van der Waals surface area contributed by atoms with Crippen molar-refractivity contribution in [2.75, 3.05) is 44.6 Å². The third-order valence-corrected chi connectivity index (χ3v) is 8.13. The van der Waals surface area contributed by atoms with E-state index in [1.54, 1.807) is 6.92 Å². The van der Waals surface area contributed by atoms with Crippen LogP contribution in [0.25, 0.3) is 0 Å². The van der Waals surface area contributed by atoms with Gasteiger partial charge >= 0.3 is 5.97 Å². The lowest BCUT2D eigenvalue weighted by molar-refractivity contribution is -0.150.